The van der Waals surface area contributed by atoms with Gasteiger partial charge in [-0.1, -0.05) is 196 Å². The Hall–Kier alpha value is -7.78. The molecule has 65 heavy (non-hydrogen) atoms. The quantitative estimate of drug-likeness (QED) is 0.151. The van der Waals surface area contributed by atoms with Crippen molar-refractivity contribution in [3.05, 3.63) is 236 Å². The van der Waals surface area contributed by atoms with Crippen LogP contribution in [0.2, 0.25) is 0 Å². The summed E-state index contributed by atoms with van der Waals surface area (Å²) >= 11 is 1.89. The van der Waals surface area contributed by atoms with Gasteiger partial charge in [-0.2, -0.15) is 0 Å². The van der Waals surface area contributed by atoms with Gasteiger partial charge in [0.05, 0.1) is 0 Å². The van der Waals surface area contributed by atoms with E-state index in [1.54, 1.807) is 0 Å². The van der Waals surface area contributed by atoms with E-state index in [0.717, 1.165) is 17.1 Å². The molecule has 0 bridgehead atoms. The first kappa shape index (κ1) is 37.7. The highest BCUT2D eigenvalue weighted by Crippen LogP contribution is 2.52. The molecular weight excluding hydrogens is 803 g/mol. The van der Waals surface area contributed by atoms with Gasteiger partial charge in [0, 0.05) is 48.2 Å². The smallest absolute Gasteiger partial charge is 0.0468 e. The minimum absolute atomic E-state index is 0.128. The van der Waals surface area contributed by atoms with Crippen molar-refractivity contribution in [2.75, 3.05) is 4.90 Å². The fraction of sp³-hybridized carbons (Fsp3) is 0.0476. The fourth-order valence-corrected chi connectivity index (χ4v) is 12.2. The van der Waals surface area contributed by atoms with E-state index < -0.39 is 0 Å². The van der Waals surface area contributed by atoms with Gasteiger partial charge in [-0.05, 0) is 125 Å². The second-order valence-electron chi connectivity index (χ2n) is 18.0. The molecule has 1 nitrogen and oxygen atoms in total. The Labute approximate surface area is 383 Å². The number of benzene rings is 11. The summed E-state index contributed by atoms with van der Waals surface area (Å²) < 4.78 is 2.63. The van der Waals surface area contributed by atoms with E-state index in [4.69, 9.17) is 0 Å². The fourth-order valence-electron chi connectivity index (χ4n) is 10.9. The SMILES string of the molecule is CC1(C)c2ccccc2-c2ccc(N(c3ccc(-c4ccc5c(sc6ccccc65)c4-c4ccc(-c5ccccc5)cc4)cc3)c3ccc4c5ccccc5c5ccccc5c4c3)cc21. The van der Waals surface area contributed by atoms with Crippen molar-refractivity contribution in [3.8, 4) is 44.5 Å². The molecule has 1 aliphatic carbocycles. The van der Waals surface area contributed by atoms with Gasteiger partial charge in [0.2, 0.25) is 0 Å². The molecule has 0 aliphatic heterocycles. The molecule has 0 saturated carbocycles. The Morgan fingerprint density at radius 1 is 0.323 bits per heavy atom. The van der Waals surface area contributed by atoms with E-state index in [9.17, 15) is 0 Å². The Kier molecular flexibility index (Phi) is 8.50. The molecular formula is C63H43NS. The van der Waals surface area contributed by atoms with Crippen LogP contribution in [0.5, 0.6) is 0 Å². The second-order valence-corrected chi connectivity index (χ2v) is 19.1. The van der Waals surface area contributed by atoms with Crippen molar-refractivity contribution in [2.45, 2.75) is 19.3 Å². The first-order chi connectivity index (χ1) is 32.0. The monoisotopic (exact) mass is 845 g/mol. The summed E-state index contributed by atoms with van der Waals surface area (Å²) in [6, 6.07) is 83.4. The standard InChI is InChI=1S/C63H43NS/c1-63(2)58-22-12-10-20-53(58)54-35-33-46(39-59(54)63)64(45-32-34-52-50-18-7-6-16-48(50)49-17-8-9-19-51(49)57(52)38-45)44-30-28-42(29-31-44)47-36-37-56-55-21-11-13-23-60(55)65-62(56)61(47)43-26-24-41(25-27-43)40-14-4-3-5-15-40/h3-39H,1-2H3. The molecule has 0 saturated heterocycles. The number of hydrogen-bond acceptors (Lipinski definition) is 2. The van der Waals surface area contributed by atoms with Crippen LogP contribution in [0.4, 0.5) is 17.1 Å². The summed E-state index contributed by atoms with van der Waals surface area (Å²) in [5, 5.41) is 10.3. The number of fused-ring (bicyclic) bond motifs is 12. The third-order valence-electron chi connectivity index (χ3n) is 14.1. The lowest BCUT2D eigenvalue weighted by Crippen LogP contribution is -2.16. The zero-order valence-electron chi connectivity index (χ0n) is 36.2. The van der Waals surface area contributed by atoms with Crippen LogP contribution in [0.15, 0.2) is 224 Å². The highest BCUT2D eigenvalue weighted by molar-refractivity contribution is 7.26. The molecule has 12 aromatic rings. The lowest BCUT2D eigenvalue weighted by Gasteiger charge is -2.29. The van der Waals surface area contributed by atoms with Gasteiger partial charge in [-0.3, -0.25) is 0 Å². The lowest BCUT2D eigenvalue weighted by atomic mass is 9.82. The topological polar surface area (TPSA) is 3.24 Å². The third kappa shape index (κ3) is 5.91. The molecule has 0 spiro atoms. The second kappa shape index (κ2) is 14.6. The van der Waals surface area contributed by atoms with Crippen LogP contribution in [-0.4, -0.2) is 0 Å². The molecule has 11 aromatic carbocycles. The maximum absolute atomic E-state index is 2.46. The minimum Gasteiger partial charge on any atom is -0.310 e. The molecule has 0 radical (unpaired) electrons. The maximum atomic E-state index is 2.46. The summed E-state index contributed by atoms with van der Waals surface area (Å²) in [5.41, 5.74) is 16.0. The highest BCUT2D eigenvalue weighted by atomic mass is 32.1. The predicted molar refractivity (Wildman–Crippen MR) is 280 cm³/mol. The highest BCUT2D eigenvalue weighted by Gasteiger charge is 2.36. The summed E-state index contributed by atoms with van der Waals surface area (Å²) in [6.45, 7) is 4.74. The Balaban J connectivity index is 0.991. The first-order valence-electron chi connectivity index (χ1n) is 22.6. The largest absolute Gasteiger partial charge is 0.310 e. The molecule has 0 N–H and O–H groups in total. The summed E-state index contributed by atoms with van der Waals surface area (Å²) in [7, 11) is 0. The van der Waals surface area contributed by atoms with Crippen molar-refractivity contribution in [3.63, 3.8) is 0 Å². The van der Waals surface area contributed by atoms with Crippen molar-refractivity contribution in [1.82, 2.24) is 0 Å². The van der Waals surface area contributed by atoms with Crippen molar-refractivity contribution < 1.29 is 0 Å². The van der Waals surface area contributed by atoms with E-state index in [1.807, 2.05) is 11.3 Å². The van der Waals surface area contributed by atoms with E-state index in [0.29, 0.717) is 0 Å². The zero-order chi connectivity index (χ0) is 43.2. The van der Waals surface area contributed by atoms with Gasteiger partial charge in [-0.15, -0.1) is 11.3 Å². The van der Waals surface area contributed by atoms with Gasteiger partial charge >= 0.3 is 0 Å². The van der Waals surface area contributed by atoms with Crippen LogP contribution in [0.3, 0.4) is 0 Å². The van der Waals surface area contributed by atoms with E-state index in [-0.39, 0.29) is 5.41 Å². The average Bonchev–Trinajstić information content (AvgIpc) is 3.86. The first-order valence-corrected chi connectivity index (χ1v) is 23.4. The van der Waals surface area contributed by atoms with Crippen molar-refractivity contribution >= 4 is 80.9 Å². The molecule has 0 amide bonds. The molecule has 0 unspecified atom stereocenters. The van der Waals surface area contributed by atoms with Crippen LogP contribution >= 0.6 is 11.3 Å². The van der Waals surface area contributed by atoms with Gasteiger partial charge in [-0.25, -0.2) is 0 Å². The van der Waals surface area contributed by atoms with Crippen LogP contribution in [-0.2, 0) is 5.41 Å². The van der Waals surface area contributed by atoms with Crippen molar-refractivity contribution in [2.24, 2.45) is 0 Å². The number of anilines is 3. The number of thiophene rings is 1. The molecule has 1 aromatic heterocycles. The predicted octanol–water partition coefficient (Wildman–Crippen LogP) is 18.3. The van der Waals surface area contributed by atoms with E-state index >= 15 is 0 Å². The molecule has 0 atom stereocenters. The lowest BCUT2D eigenvalue weighted by molar-refractivity contribution is 0.660. The maximum Gasteiger partial charge on any atom is 0.0468 e. The minimum atomic E-state index is -0.128. The van der Waals surface area contributed by atoms with Crippen molar-refractivity contribution in [1.29, 1.82) is 0 Å². The summed E-state index contributed by atoms with van der Waals surface area (Å²) in [4.78, 5) is 2.46. The van der Waals surface area contributed by atoms with Gasteiger partial charge < -0.3 is 4.90 Å². The molecule has 1 heterocycles. The Bertz CT molecular complexity index is 3800. The average molecular weight is 846 g/mol. The third-order valence-corrected chi connectivity index (χ3v) is 15.3. The Morgan fingerprint density at radius 2 is 0.815 bits per heavy atom. The number of hydrogen-bond donors (Lipinski definition) is 0. The Morgan fingerprint density at radius 3 is 1.55 bits per heavy atom. The zero-order valence-corrected chi connectivity index (χ0v) is 37.0. The molecule has 2 heteroatoms. The van der Waals surface area contributed by atoms with Crippen LogP contribution in [0, 0.1) is 0 Å². The number of nitrogens with zero attached hydrogens (tertiary/aromatic N) is 1. The van der Waals surface area contributed by atoms with Gasteiger partial charge in [0.1, 0.15) is 0 Å². The molecule has 306 valence electrons. The number of rotatable bonds is 6. The van der Waals surface area contributed by atoms with Crippen LogP contribution < -0.4 is 4.90 Å². The normalized spacial score (nSPS) is 12.9. The molecule has 1 aliphatic rings. The van der Waals surface area contributed by atoms with Gasteiger partial charge in [0.25, 0.3) is 0 Å². The van der Waals surface area contributed by atoms with Gasteiger partial charge in [0.15, 0.2) is 0 Å². The van der Waals surface area contributed by atoms with Crippen LogP contribution in [0.25, 0.3) is 97.0 Å². The molecule has 13 rings (SSSR count). The van der Waals surface area contributed by atoms with E-state index in [1.165, 1.54) is 108 Å². The molecule has 0 fully saturated rings. The summed E-state index contributed by atoms with van der Waals surface area (Å²) in [5.74, 6) is 0. The van der Waals surface area contributed by atoms with E-state index in [2.05, 4.69) is 243 Å². The van der Waals surface area contributed by atoms with Crippen LogP contribution in [0.1, 0.15) is 25.0 Å². The summed E-state index contributed by atoms with van der Waals surface area (Å²) in [6.07, 6.45) is 0.